The minimum Gasteiger partial charge on any atom is -0.368 e. The van der Waals surface area contributed by atoms with Crippen LogP contribution in [-0.2, 0) is 0 Å². The predicted octanol–water partition coefficient (Wildman–Crippen LogP) is 1.07. The zero-order valence-corrected chi connectivity index (χ0v) is 11.1. The van der Waals surface area contributed by atoms with Gasteiger partial charge in [-0.3, -0.25) is 4.79 Å². The van der Waals surface area contributed by atoms with Crippen molar-refractivity contribution in [2.24, 2.45) is 0 Å². The number of aromatic nitrogens is 2. The lowest BCUT2D eigenvalue weighted by molar-refractivity contribution is 0.102. The Morgan fingerprint density at radius 2 is 2.10 bits per heavy atom. The molecule has 0 bridgehead atoms. The highest BCUT2D eigenvalue weighted by molar-refractivity contribution is 6.02. The summed E-state index contributed by atoms with van der Waals surface area (Å²) in [5, 5.41) is 6.08. The number of anilines is 2. The Morgan fingerprint density at radius 1 is 1.25 bits per heavy atom. The molecular weight excluding hydrogens is 254 g/mol. The van der Waals surface area contributed by atoms with Gasteiger partial charge < -0.3 is 20.5 Å². The van der Waals surface area contributed by atoms with E-state index in [2.05, 4.69) is 25.5 Å². The molecule has 1 amide bonds. The number of H-pyrrole nitrogens is 1. The summed E-state index contributed by atoms with van der Waals surface area (Å²) in [5.41, 5.74) is 1.61. The first kappa shape index (κ1) is 12.7. The summed E-state index contributed by atoms with van der Waals surface area (Å²) in [6.45, 7) is 3.95. The van der Waals surface area contributed by atoms with Crippen molar-refractivity contribution in [3.05, 3.63) is 42.4 Å². The van der Waals surface area contributed by atoms with E-state index in [1.807, 2.05) is 12.1 Å². The third-order valence-electron chi connectivity index (χ3n) is 3.31. The molecule has 3 rings (SSSR count). The lowest BCUT2D eigenvalue weighted by atomic mass is 10.3. The molecule has 6 nitrogen and oxygen atoms in total. The van der Waals surface area contributed by atoms with Crippen LogP contribution in [0.5, 0.6) is 0 Å². The fraction of sp³-hybridized carbons (Fsp3) is 0.286. The third kappa shape index (κ3) is 2.80. The first-order valence-electron chi connectivity index (χ1n) is 6.69. The SMILES string of the molecule is O=C(Nc1ccc(N2CCNCC2)cn1)c1ccc[nH]1. The minimum atomic E-state index is -0.183. The Hall–Kier alpha value is -2.34. The van der Waals surface area contributed by atoms with E-state index < -0.39 is 0 Å². The summed E-state index contributed by atoms with van der Waals surface area (Å²) in [7, 11) is 0. The number of hydrogen-bond donors (Lipinski definition) is 3. The molecule has 0 aromatic carbocycles. The number of nitrogens with one attached hydrogen (secondary N) is 3. The molecule has 3 heterocycles. The van der Waals surface area contributed by atoms with Crippen molar-refractivity contribution in [1.82, 2.24) is 15.3 Å². The average Bonchev–Trinajstić information content (AvgIpc) is 3.03. The van der Waals surface area contributed by atoms with E-state index >= 15 is 0 Å². The maximum atomic E-state index is 11.9. The van der Waals surface area contributed by atoms with Crippen LogP contribution in [0.4, 0.5) is 11.5 Å². The smallest absolute Gasteiger partial charge is 0.273 e. The topological polar surface area (TPSA) is 73.1 Å². The van der Waals surface area contributed by atoms with Crippen molar-refractivity contribution in [2.45, 2.75) is 0 Å². The number of carbonyl (C=O) groups excluding carboxylic acids is 1. The normalized spacial score (nSPS) is 15.1. The second-order valence-corrected chi connectivity index (χ2v) is 4.68. The minimum absolute atomic E-state index is 0.183. The monoisotopic (exact) mass is 271 g/mol. The van der Waals surface area contributed by atoms with Crippen LogP contribution in [-0.4, -0.2) is 42.1 Å². The molecule has 1 saturated heterocycles. The Balaban J connectivity index is 1.65. The van der Waals surface area contributed by atoms with E-state index in [4.69, 9.17) is 0 Å². The molecule has 2 aromatic heterocycles. The molecule has 0 atom stereocenters. The zero-order chi connectivity index (χ0) is 13.8. The van der Waals surface area contributed by atoms with Gasteiger partial charge in [0, 0.05) is 32.4 Å². The number of pyridine rings is 1. The molecule has 20 heavy (non-hydrogen) atoms. The quantitative estimate of drug-likeness (QED) is 0.781. The molecule has 1 aliphatic heterocycles. The van der Waals surface area contributed by atoms with Gasteiger partial charge in [0.15, 0.2) is 0 Å². The molecule has 0 unspecified atom stereocenters. The van der Waals surface area contributed by atoms with Gasteiger partial charge in [-0.25, -0.2) is 4.98 Å². The first-order chi connectivity index (χ1) is 9.83. The Labute approximate surface area is 117 Å². The van der Waals surface area contributed by atoms with E-state index in [0.717, 1.165) is 31.9 Å². The summed E-state index contributed by atoms with van der Waals surface area (Å²) in [5.74, 6) is 0.376. The molecule has 0 radical (unpaired) electrons. The molecule has 104 valence electrons. The van der Waals surface area contributed by atoms with Crippen LogP contribution in [0.2, 0.25) is 0 Å². The zero-order valence-electron chi connectivity index (χ0n) is 11.1. The maximum Gasteiger partial charge on any atom is 0.273 e. The van der Waals surface area contributed by atoms with Crippen LogP contribution >= 0.6 is 0 Å². The van der Waals surface area contributed by atoms with Crippen molar-refractivity contribution in [2.75, 3.05) is 36.4 Å². The molecule has 1 aliphatic rings. The average molecular weight is 271 g/mol. The number of amides is 1. The molecular formula is C14H17N5O. The number of rotatable bonds is 3. The largest absolute Gasteiger partial charge is 0.368 e. The highest BCUT2D eigenvalue weighted by Gasteiger charge is 2.11. The molecule has 0 aliphatic carbocycles. The van der Waals surface area contributed by atoms with Crippen LogP contribution in [0.25, 0.3) is 0 Å². The number of carbonyl (C=O) groups is 1. The van der Waals surface area contributed by atoms with E-state index in [1.54, 1.807) is 24.5 Å². The van der Waals surface area contributed by atoms with Crippen molar-refractivity contribution < 1.29 is 4.79 Å². The second-order valence-electron chi connectivity index (χ2n) is 4.68. The van der Waals surface area contributed by atoms with Crippen molar-refractivity contribution in [3.63, 3.8) is 0 Å². The second kappa shape index (κ2) is 5.75. The van der Waals surface area contributed by atoms with Crippen molar-refractivity contribution in [3.8, 4) is 0 Å². The summed E-state index contributed by atoms with van der Waals surface area (Å²) in [6.07, 6.45) is 3.52. The van der Waals surface area contributed by atoms with Crippen LogP contribution in [0.15, 0.2) is 36.7 Å². The van der Waals surface area contributed by atoms with Crippen molar-refractivity contribution in [1.29, 1.82) is 0 Å². The Kier molecular flexibility index (Phi) is 3.64. The summed E-state index contributed by atoms with van der Waals surface area (Å²) in [6, 6.07) is 7.33. The molecule has 3 N–H and O–H groups in total. The fourth-order valence-electron chi connectivity index (χ4n) is 2.23. The van der Waals surface area contributed by atoms with Crippen LogP contribution in [0.1, 0.15) is 10.5 Å². The first-order valence-corrected chi connectivity index (χ1v) is 6.69. The van der Waals surface area contributed by atoms with E-state index in [1.165, 1.54) is 0 Å². The predicted molar refractivity (Wildman–Crippen MR) is 78.1 cm³/mol. The summed E-state index contributed by atoms with van der Waals surface area (Å²) >= 11 is 0. The van der Waals surface area contributed by atoms with Crippen LogP contribution in [0, 0.1) is 0 Å². The standard InChI is InChI=1S/C14H17N5O/c20-14(12-2-1-5-16-12)18-13-4-3-11(10-17-13)19-8-6-15-7-9-19/h1-5,10,15-16H,6-9H2,(H,17,18,20). The molecule has 6 heteroatoms. The fourth-order valence-corrected chi connectivity index (χ4v) is 2.23. The van der Waals surface area contributed by atoms with Crippen LogP contribution in [0.3, 0.4) is 0 Å². The van der Waals surface area contributed by atoms with Gasteiger partial charge in [0.05, 0.1) is 11.9 Å². The highest BCUT2D eigenvalue weighted by atomic mass is 16.1. The maximum absolute atomic E-state index is 11.9. The van der Waals surface area contributed by atoms with E-state index in [9.17, 15) is 4.79 Å². The van der Waals surface area contributed by atoms with Gasteiger partial charge in [-0.05, 0) is 24.3 Å². The van der Waals surface area contributed by atoms with Gasteiger partial charge in [-0.1, -0.05) is 0 Å². The lowest BCUT2D eigenvalue weighted by Gasteiger charge is -2.29. The Bertz CT molecular complexity index is 558. The highest BCUT2D eigenvalue weighted by Crippen LogP contribution is 2.15. The van der Waals surface area contributed by atoms with Gasteiger partial charge >= 0.3 is 0 Å². The number of hydrogen-bond acceptors (Lipinski definition) is 4. The van der Waals surface area contributed by atoms with Gasteiger partial charge in [-0.15, -0.1) is 0 Å². The molecule has 0 spiro atoms. The Morgan fingerprint density at radius 3 is 2.75 bits per heavy atom. The van der Waals surface area contributed by atoms with Gasteiger partial charge in [0.2, 0.25) is 0 Å². The third-order valence-corrected chi connectivity index (χ3v) is 3.31. The summed E-state index contributed by atoms with van der Waals surface area (Å²) < 4.78 is 0. The summed E-state index contributed by atoms with van der Waals surface area (Å²) in [4.78, 5) is 21.3. The molecule has 1 fully saturated rings. The van der Waals surface area contributed by atoms with Gasteiger partial charge in [0.25, 0.3) is 5.91 Å². The van der Waals surface area contributed by atoms with Crippen molar-refractivity contribution >= 4 is 17.4 Å². The number of nitrogens with zero attached hydrogens (tertiary/aromatic N) is 2. The lowest BCUT2D eigenvalue weighted by Crippen LogP contribution is -2.43. The number of piperazine rings is 1. The van der Waals surface area contributed by atoms with Gasteiger partial charge in [-0.2, -0.15) is 0 Å². The molecule has 2 aromatic rings. The molecule has 0 saturated carbocycles. The van der Waals surface area contributed by atoms with Gasteiger partial charge in [0.1, 0.15) is 11.5 Å². The van der Waals surface area contributed by atoms with Crippen LogP contribution < -0.4 is 15.5 Å². The number of aromatic amines is 1. The van der Waals surface area contributed by atoms with E-state index in [-0.39, 0.29) is 5.91 Å². The van der Waals surface area contributed by atoms with E-state index in [0.29, 0.717) is 11.5 Å².